The Labute approximate surface area is 141 Å². The number of pyridine rings is 1. The molecule has 0 radical (unpaired) electrons. The summed E-state index contributed by atoms with van der Waals surface area (Å²) in [5.41, 5.74) is 4.19. The van der Waals surface area contributed by atoms with Crippen LogP contribution in [0.1, 0.15) is 15.9 Å². The minimum atomic E-state index is -0.501. The van der Waals surface area contributed by atoms with Crippen molar-refractivity contribution < 1.29 is 40.5 Å². The van der Waals surface area contributed by atoms with E-state index in [-0.39, 0.29) is 37.4 Å². The maximum absolute atomic E-state index is 11.8. The van der Waals surface area contributed by atoms with Gasteiger partial charge in [0.2, 0.25) is 0 Å². The van der Waals surface area contributed by atoms with Gasteiger partial charge in [0, 0.05) is 24.2 Å². The monoisotopic (exact) mass is 393 g/mol. The normalized spacial score (nSPS) is 9.50. The largest absolute Gasteiger partial charge is 2.00 e. The summed E-state index contributed by atoms with van der Waals surface area (Å²) < 4.78 is 4.90. The molecular formula is C14H13N3O4Pd. The van der Waals surface area contributed by atoms with Crippen LogP contribution in [0.25, 0.3) is 5.43 Å². The van der Waals surface area contributed by atoms with Crippen LogP contribution in [0.2, 0.25) is 0 Å². The van der Waals surface area contributed by atoms with Gasteiger partial charge in [0.15, 0.2) is 0 Å². The molecule has 22 heavy (non-hydrogen) atoms. The zero-order valence-corrected chi connectivity index (χ0v) is 13.1. The van der Waals surface area contributed by atoms with Gasteiger partial charge >= 0.3 is 20.4 Å². The van der Waals surface area contributed by atoms with Gasteiger partial charge in [0.1, 0.15) is 5.75 Å². The molecule has 1 aromatic carbocycles. The summed E-state index contributed by atoms with van der Waals surface area (Å²) in [6.45, 7) is 0. The van der Waals surface area contributed by atoms with E-state index in [4.69, 9.17) is 4.74 Å². The van der Waals surface area contributed by atoms with Crippen LogP contribution in [0.3, 0.4) is 0 Å². The molecule has 2 N–H and O–H groups in total. The molecule has 0 spiro atoms. The molecule has 0 aliphatic rings. The maximum Gasteiger partial charge on any atom is 2.00 e. The van der Waals surface area contributed by atoms with Crippen molar-refractivity contribution in [2.45, 2.75) is 0 Å². The predicted octanol–water partition coefficient (Wildman–Crippen LogP) is 0.885. The molecule has 8 heteroatoms. The van der Waals surface area contributed by atoms with Crippen molar-refractivity contribution in [1.29, 1.82) is 0 Å². The fourth-order valence-electron chi connectivity index (χ4n) is 1.49. The van der Waals surface area contributed by atoms with Crippen LogP contribution >= 0.6 is 0 Å². The van der Waals surface area contributed by atoms with E-state index in [0.717, 1.165) is 0 Å². The van der Waals surface area contributed by atoms with Gasteiger partial charge in [-0.2, -0.15) is 0 Å². The predicted molar refractivity (Wildman–Crippen MR) is 75.6 cm³/mol. The second kappa shape index (κ2) is 9.63. The minimum absolute atomic E-state index is 0. The molecule has 7 nitrogen and oxygen atoms in total. The van der Waals surface area contributed by atoms with Crippen LogP contribution < -0.4 is 9.84 Å². The van der Waals surface area contributed by atoms with Crippen molar-refractivity contribution >= 4 is 12.1 Å². The van der Waals surface area contributed by atoms with Crippen LogP contribution in [0.5, 0.6) is 11.5 Å². The number of carbonyl (C=O) groups is 1. The Morgan fingerprint density at radius 1 is 1.32 bits per heavy atom. The van der Waals surface area contributed by atoms with Gasteiger partial charge in [-0.1, -0.05) is 17.9 Å². The van der Waals surface area contributed by atoms with Crippen molar-refractivity contribution in [2.24, 2.45) is 5.10 Å². The minimum Gasteiger partial charge on any atom is -0.870 e. The third kappa shape index (κ3) is 4.93. The number of carbonyl (C=O) groups excluding carboxylic acids is 1. The number of amides is 1. The van der Waals surface area contributed by atoms with E-state index in [2.05, 4.69) is 15.5 Å². The number of methoxy groups -OCH3 is 1. The molecule has 0 saturated heterocycles. The Bertz CT molecular complexity index is 635. The quantitative estimate of drug-likeness (QED) is 0.435. The summed E-state index contributed by atoms with van der Waals surface area (Å²) in [5, 5.41) is 15.4. The third-order valence-corrected chi connectivity index (χ3v) is 2.50. The molecule has 2 rings (SSSR count). The first-order valence-corrected chi connectivity index (χ1v) is 5.75. The van der Waals surface area contributed by atoms with E-state index in [1.54, 1.807) is 18.2 Å². The number of nitrogens with zero attached hydrogens (tertiary/aromatic N) is 3. The zero-order valence-electron chi connectivity index (χ0n) is 11.5. The van der Waals surface area contributed by atoms with Gasteiger partial charge in [-0.25, -0.2) is 0 Å². The molecular weight excluding hydrogens is 381 g/mol. The first kappa shape index (κ1) is 19.7. The molecule has 118 valence electrons. The van der Waals surface area contributed by atoms with Gasteiger partial charge in [0.05, 0.1) is 13.0 Å². The molecule has 0 atom stereocenters. The second-order valence-corrected chi connectivity index (χ2v) is 3.76. The van der Waals surface area contributed by atoms with E-state index < -0.39 is 5.91 Å². The molecule has 0 fully saturated rings. The number of rotatable bonds is 4. The number of para-hydroxylation sites is 1. The fraction of sp³-hybridized carbons (Fsp3) is 0.0714. The molecule has 2 aromatic rings. The number of benzene rings is 1. The molecule has 1 amide bonds. The molecule has 1 heterocycles. The average molecular weight is 394 g/mol. The number of hydrogen-bond donors (Lipinski definition) is 0. The van der Waals surface area contributed by atoms with Crippen molar-refractivity contribution in [1.82, 2.24) is 4.98 Å². The summed E-state index contributed by atoms with van der Waals surface area (Å²) in [6, 6.07) is 7.85. The summed E-state index contributed by atoms with van der Waals surface area (Å²) in [6.07, 6.45) is 4.21. The summed E-state index contributed by atoms with van der Waals surface area (Å²) in [7, 11) is 1.41. The Morgan fingerprint density at radius 2 is 2.00 bits per heavy atom. The molecule has 0 aliphatic heterocycles. The zero-order chi connectivity index (χ0) is 14.4. The van der Waals surface area contributed by atoms with E-state index in [1.165, 1.54) is 37.9 Å². The van der Waals surface area contributed by atoms with Gasteiger partial charge in [-0.15, -0.1) is 0 Å². The van der Waals surface area contributed by atoms with Crippen molar-refractivity contribution in [2.75, 3.05) is 7.11 Å². The van der Waals surface area contributed by atoms with Crippen LogP contribution in [0, 0.1) is 0 Å². The Balaban J connectivity index is 0.00000220. The first-order valence-electron chi connectivity index (χ1n) is 5.75. The summed E-state index contributed by atoms with van der Waals surface area (Å²) >= 11 is 0. The number of hydrogen-bond acceptors (Lipinski definition) is 5. The number of aromatic nitrogens is 1. The second-order valence-electron chi connectivity index (χ2n) is 3.76. The van der Waals surface area contributed by atoms with E-state index in [0.29, 0.717) is 11.1 Å². The van der Waals surface area contributed by atoms with Crippen molar-refractivity contribution in [3.63, 3.8) is 0 Å². The smallest absolute Gasteiger partial charge is 0.870 e. The van der Waals surface area contributed by atoms with Gasteiger partial charge in [0.25, 0.3) is 0 Å². The number of ether oxygens (including phenoxy) is 1. The summed E-state index contributed by atoms with van der Waals surface area (Å²) in [5.74, 6) is -0.585. The van der Waals surface area contributed by atoms with E-state index in [1.807, 2.05) is 0 Å². The van der Waals surface area contributed by atoms with Crippen molar-refractivity contribution in [3.05, 3.63) is 59.3 Å². The Kier molecular flexibility index (Phi) is 8.64. The van der Waals surface area contributed by atoms with E-state index in [9.17, 15) is 9.90 Å². The van der Waals surface area contributed by atoms with Gasteiger partial charge in [-0.3, -0.25) is 4.98 Å². The Hall–Kier alpha value is -2.27. The van der Waals surface area contributed by atoms with Gasteiger partial charge in [-0.05, 0) is 23.8 Å². The molecule has 0 bridgehead atoms. The van der Waals surface area contributed by atoms with Crippen LogP contribution in [-0.2, 0) is 20.4 Å². The molecule has 0 aliphatic carbocycles. The Morgan fingerprint density at radius 3 is 2.64 bits per heavy atom. The molecule has 1 aromatic heterocycles. The van der Waals surface area contributed by atoms with Crippen LogP contribution in [-0.4, -0.2) is 29.7 Å². The van der Waals surface area contributed by atoms with E-state index >= 15 is 0 Å². The topological polar surface area (TPSA) is 120 Å². The standard InChI is InChI=1S/C14H13N3O3.H2O.Pd/c1-20-12-4-2-3-11(13(12)18)9-16-17-14(19)10-5-7-15-8-6-10;;/h2-9H,1H3,(H2,15,16,17,18,19);1H2;/q;;+2/p-2. The molecule has 0 saturated carbocycles. The maximum atomic E-state index is 11.8. The van der Waals surface area contributed by atoms with Gasteiger partial charge < -0.3 is 30.6 Å². The summed E-state index contributed by atoms with van der Waals surface area (Å²) in [4.78, 5) is 15.4. The van der Waals surface area contributed by atoms with Crippen LogP contribution in [0.15, 0.2) is 47.8 Å². The van der Waals surface area contributed by atoms with Crippen LogP contribution in [0.4, 0.5) is 0 Å². The van der Waals surface area contributed by atoms with Crippen molar-refractivity contribution in [3.8, 4) is 11.5 Å². The SMILES string of the molecule is COc1cccc(/C=N/[N-]C(=O)c2ccncc2)c1[O-].O.[Pd+2]. The molecule has 0 unspecified atom stereocenters. The average Bonchev–Trinajstić information content (AvgIpc) is 2.49. The fourth-order valence-corrected chi connectivity index (χ4v) is 1.49. The first-order chi connectivity index (χ1) is 9.72. The third-order valence-electron chi connectivity index (χ3n) is 2.50.